The molecule has 26 heavy (non-hydrogen) atoms. The average Bonchev–Trinajstić information content (AvgIpc) is 3.36. The molecule has 1 fully saturated rings. The number of nitrogens with two attached hydrogens (primary N) is 1. The molecular formula is C18H27N3O4S. The predicted molar refractivity (Wildman–Crippen MR) is 98.7 cm³/mol. The molecule has 2 rings (SSSR count). The van der Waals surface area contributed by atoms with Crippen LogP contribution >= 0.6 is 0 Å². The van der Waals surface area contributed by atoms with Crippen LogP contribution in [-0.2, 0) is 26.0 Å². The zero-order chi connectivity index (χ0) is 19.4. The Balaban J connectivity index is 1.80. The van der Waals surface area contributed by atoms with E-state index in [4.69, 9.17) is 5.14 Å². The summed E-state index contributed by atoms with van der Waals surface area (Å²) in [6.07, 6.45) is 2.59. The van der Waals surface area contributed by atoms with Crippen molar-refractivity contribution in [2.45, 2.75) is 44.4 Å². The van der Waals surface area contributed by atoms with Crippen LogP contribution in [0.3, 0.4) is 0 Å². The lowest BCUT2D eigenvalue weighted by atomic mass is 10.0. The molecule has 0 spiro atoms. The highest BCUT2D eigenvalue weighted by Gasteiger charge is 2.56. The van der Waals surface area contributed by atoms with Crippen molar-refractivity contribution in [1.29, 1.82) is 0 Å². The highest BCUT2D eigenvalue weighted by Crippen LogP contribution is 2.46. The first-order valence-electron chi connectivity index (χ1n) is 8.83. The van der Waals surface area contributed by atoms with Gasteiger partial charge in [0, 0.05) is 13.1 Å². The second-order valence-electron chi connectivity index (χ2n) is 7.22. The summed E-state index contributed by atoms with van der Waals surface area (Å²) in [7, 11) is -3.70. The number of primary sulfonamides is 1. The number of carbonyl (C=O) groups is 2. The van der Waals surface area contributed by atoms with E-state index in [9.17, 15) is 18.0 Å². The molecule has 0 atom stereocenters. The third kappa shape index (κ3) is 5.28. The quantitative estimate of drug-likeness (QED) is 0.552. The highest BCUT2D eigenvalue weighted by atomic mass is 32.2. The molecule has 0 radical (unpaired) electrons. The summed E-state index contributed by atoms with van der Waals surface area (Å²) in [6, 6.07) is 6.21. The molecule has 0 aliphatic heterocycles. The van der Waals surface area contributed by atoms with Crippen LogP contribution in [-0.4, -0.2) is 33.3 Å². The van der Waals surface area contributed by atoms with Crippen molar-refractivity contribution in [3.05, 3.63) is 29.8 Å². The second kappa shape index (κ2) is 8.18. The van der Waals surface area contributed by atoms with E-state index in [2.05, 4.69) is 24.5 Å². The number of sulfonamides is 1. The van der Waals surface area contributed by atoms with Gasteiger partial charge in [0.2, 0.25) is 21.8 Å². The van der Waals surface area contributed by atoms with Gasteiger partial charge in [0.1, 0.15) is 5.41 Å². The van der Waals surface area contributed by atoms with Crippen LogP contribution in [0.25, 0.3) is 0 Å². The molecule has 144 valence electrons. The fourth-order valence-corrected chi connectivity index (χ4v) is 3.18. The third-order valence-electron chi connectivity index (χ3n) is 4.58. The van der Waals surface area contributed by atoms with Gasteiger partial charge in [0.15, 0.2) is 0 Å². The van der Waals surface area contributed by atoms with E-state index in [-0.39, 0.29) is 16.7 Å². The molecule has 1 aromatic rings. The van der Waals surface area contributed by atoms with E-state index in [1.807, 2.05) is 0 Å². The summed E-state index contributed by atoms with van der Waals surface area (Å²) in [6.45, 7) is 5.14. The van der Waals surface area contributed by atoms with Gasteiger partial charge in [-0.15, -0.1) is 0 Å². The van der Waals surface area contributed by atoms with E-state index in [1.165, 1.54) is 12.1 Å². The van der Waals surface area contributed by atoms with Gasteiger partial charge in [-0.25, -0.2) is 13.6 Å². The molecule has 0 bridgehead atoms. The number of amides is 2. The van der Waals surface area contributed by atoms with Gasteiger partial charge in [-0.3, -0.25) is 9.59 Å². The van der Waals surface area contributed by atoms with E-state index >= 15 is 0 Å². The van der Waals surface area contributed by atoms with Crippen LogP contribution in [0.1, 0.15) is 38.7 Å². The largest absolute Gasteiger partial charge is 0.355 e. The second-order valence-corrected chi connectivity index (χ2v) is 8.78. The van der Waals surface area contributed by atoms with Gasteiger partial charge in [0.05, 0.1) is 4.90 Å². The Hall–Kier alpha value is -1.93. The summed E-state index contributed by atoms with van der Waals surface area (Å²) < 4.78 is 22.4. The standard InChI is InChI=1S/C18H27N3O4S/c1-13(2)7-11-20-16(22)18(9-10-18)17(23)21-12-8-14-3-5-15(6-4-14)26(19,24)25/h3-6,13H,7-12H2,1-2H3,(H,20,22)(H,21,23)(H2,19,24,25). The molecule has 0 saturated heterocycles. The van der Waals surface area contributed by atoms with Crippen molar-refractivity contribution < 1.29 is 18.0 Å². The van der Waals surface area contributed by atoms with Gasteiger partial charge in [-0.2, -0.15) is 0 Å². The molecular weight excluding hydrogens is 354 g/mol. The molecule has 0 unspecified atom stereocenters. The molecule has 2 amide bonds. The van der Waals surface area contributed by atoms with Gasteiger partial charge >= 0.3 is 0 Å². The summed E-state index contributed by atoms with van der Waals surface area (Å²) in [5.74, 6) is 0.0776. The van der Waals surface area contributed by atoms with Crippen LogP contribution in [0.5, 0.6) is 0 Å². The van der Waals surface area contributed by atoms with E-state index < -0.39 is 15.4 Å². The predicted octanol–water partition coefficient (Wildman–Crippen LogP) is 0.935. The number of hydrogen-bond donors (Lipinski definition) is 3. The summed E-state index contributed by atoms with van der Waals surface area (Å²) >= 11 is 0. The van der Waals surface area contributed by atoms with Crippen molar-refractivity contribution in [3.63, 3.8) is 0 Å². The van der Waals surface area contributed by atoms with Crippen molar-refractivity contribution >= 4 is 21.8 Å². The van der Waals surface area contributed by atoms with Crippen LogP contribution < -0.4 is 15.8 Å². The lowest BCUT2D eigenvalue weighted by Gasteiger charge is -2.16. The fourth-order valence-electron chi connectivity index (χ4n) is 2.66. The maximum atomic E-state index is 12.4. The van der Waals surface area contributed by atoms with Gasteiger partial charge in [-0.05, 0) is 49.3 Å². The topological polar surface area (TPSA) is 118 Å². The molecule has 0 heterocycles. The normalized spacial score (nSPS) is 15.5. The zero-order valence-electron chi connectivity index (χ0n) is 15.2. The summed E-state index contributed by atoms with van der Waals surface area (Å²) in [4.78, 5) is 24.7. The number of nitrogens with one attached hydrogen (secondary N) is 2. The Morgan fingerprint density at radius 1 is 1.08 bits per heavy atom. The molecule has 1 saturated carbocycles. The first-order chi connectivity index (χ1) is 12.1. The fraction of sp³-hybridized carbons (Fsp3) is 0.556. The van der Waals surface area contributed by atoms with Gasteiger partial charge < -0.3 is 10.6 Å². The first-order valence-corrected chi connectivity index (χ1v) is 10.4. The molecule has 8 heteroatoms. The van der Waals surface area contributed by atoms with Gasteiger partial charge in [0.25, 0.3) is 0 Å². The van der Waals surface area contributed by atoms with E-state index in [0.29, 0.717) is 38.3 Å². The molecule has 0 aromatic heterocycles. The molecule has 1 aliphatic rings. The smallest absolute Gasteiger partial charge is 0.238 e. The summed E-state index contributed by atoms with van der Waals surface area (Å²) in [5.41, 5.74) is -0.0296. The molecule has 1 aromatic carbocycles. The molecule has 4 N–H and O–H groups in total. The minimum atomic E-state index is -3.70. The van der Waals surface area contributed by atoms with E-state index in [0.717, 1.165) is 12.0 Å². The number of hydrogen-bond acceptors (Lipinski definition) is 4. The minimum Gasteiger partial charge on any atom is -0.355 e. The van der Waals surface area contributed by atoms with Crippen LogP contribution in [0.2, 0.25) is 0 Å². The van der Waals surface area contributed by atoms with Gasteiger partial charge in [-0.1, -0.05) is 26.0 Å². The Bertz CT molecular complexity index is 753. The van der Waals surface area contributed by atoms with Crippen molar-refractivity contribution in [1.82, 2.24) is 10.6 Å². The number of benzene rings is 1. The third-order valence-corrected chi connectivity index (χ3v) is 5.51. The Morgan fingerprint density at radius 3 is 2.08 bits per heavy atom. The monoisotopic (exact) mass is 381 g/mol. The zero-order valence-corrected chi connectivity index (χ0v) is 16.1. The van der Waals surface area contributed by atoms with Crippen molar-refractivity contribution in [2.24, 2.45) is 16.5 Å². The van der Waals surface area contributed by atoms with Crippen LogP contribution in [0.15, 0.2) is 29.2 Å². The highest BCUT2D eigenvalue weighted by molar-refractivity contribution is 7.89. The van der Waals surface area contributed by atoms with Crippen LogP contribution in [0.4, 0.5) is 0 Å². The Morgan fingerprint density at radius 2 is 1.62 bits per heavy atom. The average molecular weight is 381 g/mol. The van der Waals surface area contributed by atoms with Crippen LogP contribution in [0, 0.1) is 11.3 Å². The first kappa shape index (κ1) is 20.4. The summed E-state index contributed by atoms with van der Waals surface area (Å²) in [5, 5.41) is 10.7. The lowest BCUT2D eigenvalue weighted by Crippen LogP contribution is -2.44. The number of carbonyl (C=O) groups excluding carboxylic acids is 2. The minimum absolute atomic E-state index is 0.0558. The maximum Gasteiger partial charge on any atom is 0.238 e. The SMILES string of the molecule is CC(C)CCNC(=O)C1(C(=O)NCCc2ccc(S(N)(=O)=O)cc2)CC1. The Kier molecular flexibility index (Phi) is 6.41. The van der Waals surface area contributed by atoms with Crippen molar-refractivity contribution in [2.75, 3.05) is 13.1 Å². The maximum absolute atomic E-state index is 12.4. The van der Waals surface area contributed by atoms with E-state index in [1.54, 1.807) is 12.1 Å². The lowest BCUT2D eigenvalue weighted by molar-refractivity contribution is -0.137. The molecule has 7 nitrogen and oxygen atoms in total. The Labute approximate surface area is 154 Å². The molecule has 1 aliphatic carbocycles. The van der Waals surface area contributed by atoms with Crippen molar-refractivity contribution in [3.8, 4) is 0 Å². The number of rotatable bonds is 9.